The number of ether oxygens (including phenoxy) is 1. The largest absolute Gasteiger partial charge is 0.367 e. The van der Waals surface area contributed by atoms with Crippen LogP contribution in [0.4, 0.5) is 0 Å². The zero-order valence-electron chi connectivity index (χ0n) is 5.90. The van der Waals surface area contributed by atoms with Crippen LogP contribution in [0, 0.1) is 0 Å². The minimum Gasteiger partial charge on any atom is -0.367 e. The summed E-state index contributed by atoms with van der Waals surface area (Å²) in [6, 6.07) is 0. The summed E-state index contributed by atoms with van der Waals surface area (Å²) in [5.41, 5.74) is 0.259. The molecule has 1 saturated heterocycles. The summed E-state index contributed by atoms with van der Waals surface area (Å²) in [7, 11) is 0. The van der Waals surface area contributed by atoms with Crippen molar-refractivity contribution in [1.82, 2.24) is 0 Å². The van der Waals surface area contributed by atoms with Gasteiger partial charge in [-0.2, -0.15) is 0 Å². The van der Waals surface area contributed by atoms with Crippen LogP contribution in [0.5, 0.6) is 0 Å². The molecular weight excluding hydrogens is 100 g/mol. The van der Waals surface area contributed by atoms with Crippen molar-refractivity contribution in [3.63, 3.8) is 0 Å². The minimum absolute atomic E-state index is 0.259. The van der Waals surface area contributed by atoms with E-state index in [-0.39, 0.29) is 5.60 Å². The molecule has 0 N–H and O–H groups in total. The van der Waals surface area contributed by atoms with E-state index in [4.69, 9.17) is 4.74 Å². The summed E-state index contributed by atoms with van der Waals surface area (Å²) in [5, 5.41) is 0. The molecule has 1 fully saturated rings. The smallest absolute Gasteiger partial charge is 0.0917 e. The van der Waals surface area contributed by atoms with E-state index in [2.05, 4.69) is 20.8 Å². The van der Waals surface area contributed by atoms with Crippen molar-refractivity contribution in [1.29, 1.82) is 0 Å². The number of hydrogen-bond donors (Lipinski definition) is 0. The SMILES string of the molecule is CCCC1(C)OC1C. The molecule has 0 aliphatic carbocycles. The molecule has 1 heterocycles. The standard InChI is InChI=1S/C7H14O/c1-4-5-7(3)6(2)8-7/h6H,4-5H2,1-3H3. The summed E-state index contributed by atoms with van der Waals surface area (Å²) in [6.45, 7) is 6.51. The molecule has 1 aliphatic heterocycles. The van der Waals surface area contributed by atoms with Crippen molar-refractivity contribution in [2.45, 2.75) is 45.3 Å². The van der Waals surface area contributed by atoms with E-state index in [1.54, 1.807) is 0 Å². The van der Waals surface area contributed by atoms with Crippen molar-refractivity contribution in [2.75, 3.05) is 0 Å². The van der Waals surface area contributed by atoms with Gasteiger partial charge in [-0.25, -0.2) is 0 Å². The van der Waals surface area contributed by atoms with Crippen molar-refractivity contribution >= 4 is 0 Å². The van der Waals surface area contributed by atoms with Gasteiger partial charge >= 0.3 is 0 Å². The summed E-state index contributed by atoms with van der Waals surface area (Å²) >= 11 is 0. The predicted octanol–water partition coefficient (Wildman–Crippen LogP) is 1.96. The average Bonchev–Trinajstić information content (AvgIpc) is 2.16. The van der Waals surface area contributed by atoms with Crippen molar-refractivity contribution in [3.8, 4) is 0 Å². The molecule has 1 heteroatoms. The predicted molar refractivity (Wildman–Crippen MR) is 33.9 cm³/mol. The van der Waals surface area contributed by atoms with E-state index in [1.807, 2.05) is 0 Å². The van der Waals surface area contributed by atoms with Gasteiger partial charge in [0.2, 0.25) is 0 Å². The highest BCUT2D eigenvalue weighted by Gasteiger charge is 2.47. The third-order valence-corrected chi connectivity index (χ3v) is 2.00. The van der Waals surface area contributed by atoms with Gasteiger partial charge in [0.25, 0.3) is 0 Å². The fourth-order valence-corrected chi connectivity index (χ4v) is 1.13. The second-order valence-electron chi connectivity index (χ2n) is 2.82. The van der Waals surface area contributed by atoms with Crippen LogP contribution in [0.2, 0.25) is 0 Å². The molecule has 0 amide bonds. The maximum atomic E-state index is 5.34. The normalized spacial score (nSPS) is 44.6. The lowest BCUT2D eigenvalue weighted by Crippen LogP contribution is -2.05. The Morgan fingerprint density at radius 2 is 2.12 bits per heavy atom. The zero-order valence-corrected chi connectivity index (χ0v) is 5.90. The van der Waals surface area contributed by atoms with Gasteiger partial charge in [-0.3, -0.25) is 0 Å². The first kappa shape index (κ1) is 6.09. The summed E-state index contributed by atoms with van der Waals surface area (Å²) in [6.07, 6.45) is 2.97. The van der Waals surface area contributed by atoms with Crippen LogP contribution in [-0.2, 0) is 4.74 Å². The van der Waals surface area contributed by atoms with E-state index in [0.29, 0.717) is 6.10 Å². The van der Waals surface area contributed by atoms with Gasteiger partial charge in [-0.05, 0) is 20.3 Å². The lowest BCUT2D eigenvalue weighted by Gasteiger charge is -1.99. The summed E-state index contributed by atoms with van der Waals surface area (Å²) in [4.78, 5) is 0. The van der Waals surface area contributed by atoms with Gasteiger partial charge in [-0.1, -0.05) is 13.3 Å². The molecule has 48 valence electrons. The van der Waals surface area contributed by atoms with Crippen molar-refractivity contribution in [2.24, 2.45) is 0 Å². The van der Waals surface area contributed by atoms with E-state index in [1.165, 1.54) is 12.8 Å². The molecule has 2 atom stereocenters. The second-order valence-corrected chi connectivity index (χ2v) is 2.82. The van der Waals surface area contributed by atoms with Crippen molar-refractivity contribution < 1.29 is 4.74 Å². The van der Waals surface area contributed by atoms with Gasteiger partial charge in [0, 0.05) is 0 Å². The molecule has 0 aromatic heterocycles. The van der Waals surface area contributed by atoms with Crippen LogP contribution in [0.15, 0.2) is 0 Å². The Labute approximate surface area is 51.0 Å². The maximum absolute atomic E-state index is 5.34. The Morgan fingerprint density at radius 3 is 2.25 bits per heavy atom. The molecule has 1 aliphatic rings. The molecule has 0 aromatic rings. The first-order chi connectivity index (χ1) is 3.69. The monoisotopic (exact) mass is 114 g/mol. The van der Waals surface area contributed by atoms with Gasteiger partial charge in [0.1, 0.15) is 0 Å². The maximum Gasteiger partial charge on any atom is 0.0917 e. The number of epoxide rings is 1. The van der Waals surface area contributed by atoms with E-state index >= 15 is 0 Å². The molecule has 1 rings (SSSR count). The second kappa shape index (κ2) is 1.73. The highest BCUT2D eigenvalue weighted by atomic mass is 16.6. The lowest BCUT2D eigenvalue weighted by atomic mass is 10.0. The van der Waals surface area contributed by atoms with Gasteiger partial charge in [0.15, 0.2) is 0 Å². The lowest BCUT2D eigenvalue weighted by molar-refractivity contribution is 0.297. The summed E-state index contributed by atoms with van der Waals surface area (Å²) < 4.78 is 5.34. The Balaban J connectivity index is 2.25. The molecule has 0 aromatic carbocycles. The molecule has 8 heavy (non-hydrogen) atoms. The van der Waals surface area contributed by atoms with E-state index in [0.717, 1.165) is 0 Å². The topological polar surface area (TPSA) is 12.5 Å². The third kappa shape index (κ3) is 0.873. The third-order valence-electron chi connectivity index (χ3n) is 2.00. The fourth-order valence-electron chi connectivity index (χ4n) is 1.13. The zero-order chi connectivity index (χ0) is 6.20. The highest BCUT2D eigenvalue weighted by Crippen LogP contribution is 2.39. The average molecular weight is 114 g/mol. The first-order valence-corrected chi connectivity index (χ1v) is 3.37. The minimum atomic E-state index is 0.259. The van der Waals surface area contributed by atoms with Crippen LogP contribution >= 0.6 is 0 Å². The van der Waals surface area contributed by atoms with E-state index in [9.17, 15) is 0 Å². The molecular formula is C7H14O. The van der Waals surface area contributed by atoms with Crippen LogP contribution in [0.3, 0.4) is 0 Å². The Bertz CT molecular complexity index is 90.4. The fraction of sp³-hybridized carbons (Fsp3) is 1.00. The quantitative estimate of drug-likeness (QED) is 0.500. The highest BCUT2D eigenvalue weighted by molar-refractivity contribution is 4.94. The Morgan fingerprint density at radius 1 is 1.62 bits per heavy atom. The van der Waals surface area contributed by atoms with Gasteiger partial charge < -0.3 is 4.74 Å². The first-order valence-electron chi connectivity index (χ1n) is 3.37. The molecule has 0 spiro atoms. The summed E-state index contributed by atoms with van der Waals surface area (Å²) in [5.74, 6) is 0. The Kier molecular flexibility index (Phi) is 1.31. The number of rotatable bonds is 2. The van der Waals surface area contributed by atoms with Crippen molar-refractivity contribution in [3.05, 3.63) is 0 Å². The molecule has 0 bridgehead atoms. The molecule has 2 unspecified atom stereocenters. The van der Waals surface area contributed by atoms with Gasteiger partial charge in [-0.15, -0.1) is 0 Å². The van der Waals surface area contributed by atoms with E-state index < -0.39 is 0 Å². The van der Waals surface area contributed by atoms with Crippen LogP contribution in [0.25, 0.3) is 0 Å². The van der Waals surface area contributed by atoms with Gasteiger partial charge in [0.05, 0.1) is 11.7 Å². The molecule has 0 radical (unpaired) electrons. The molecule has 0 saturated carbocycles. The van der Waals surface area contributed by atoms with Crippen LogP contribution in [-0.4, -0.2) is 11.7 Å². The van der Waals surface area contributed by atoms with Crippen LogP contribution in [0.1, 0.15) is 33.6 Å². The van der Waals surface area contributed by atoms with Crippen LogP contribution < -0.4 is 0 Å². The number of hydrogen-bond acceptors (Lipinski definition) is 1. The Hall–Kier alpha value is -0.0400. The molecule has 1 nitrogen and oxygen atoms in total.